The zero-order valence-electron chi connectivity index (χ0n) is 9.51. The van der Waals surface area contributed by atoms with Crippen LogP contribution in [0.3, 0.4) is 0 Å². The largest absolute Gasteiger partial charge is 0.307 e. The second-order valence-electron chi connectivity index (χ2n) is 3.59. The standard InChI is InChI=1S/C14H11ClN2O/c15-12-8-9-16-13(10-12)17-14(18)7-6-11-4-2-1-3-5-11/h1-10H,(H,16,17,18)/b7-6+. The van der Waals surface area contributed by atoms with Gasteiger partial charge in [-0.05, 0) is 23.8 Å². The molecule has 0 bridgehead atoms. The van der Waals surface area contributed by atoms with Crippen LogP contribution >= 0.6 is 11.6 Å². The first-order chi connectivity index (χ1) is 8.74. The van der Waals surface area contributed by atoms with Crippen LogP contribution in [0.5, 0.6) is 0 Å². The van der Waals surface area contributed by atoms with E-state index in [0.717, 1.165) is 5.56 Å². The van der Waals surface area contributed by atoms with Gasteiger partial charge in [0.25, 0.3) is 0 Å². The van der Waals surface area contributed by atoms with Crippen LogP contribution in [0.1, 0.15) is 5.56 Å². The van der Waals surface area contributed by atoms with Crippen LogP contribution in [-0.2, 0) is 4.79 Å². The van der Waals surface area contributed by atoms with E-state index >= 15 is 0 Å². The lowest BCUT2D eigenvalue weighted by molar-refractivity contribution is -0.111. The molecule has 0 unspecified atom stereocenters. The summed E-state index contributed by atoms with van der Waals surface area (Å²) >= 11 is 5.79. The molecule has 2 aromatic rings. The Morgan fingerprint density at radius 2 is 2.00 bits per heavy atom. The third-order valence-corrected chi connectivity index (χ3v) is 2.44. The van der Waals surface area contributed by atoms with Gasteiger partial charge in [0.1, 0.15) is 5.82 Å². The SMILES string of the molecule is O=C(/C=C/c1ccccc1)Nc1cc(Cl)ccn1. The van der Waals surface area contributed by atoms with Gasteiger partial charge in [-0.2, -0.15) is 0 Å². The zero-order chi connectivity index (χ0) is 12.8. The van der Waals surface area contributed by atoms with Gasteiger partial charge in [-0.1, -0.05) is 41.9 Å². The molecule has 0 spiro atoms. The Balaban J connectivity index is 1.99. The van der Waals surface area contributed by atoms with Crippen molar-refractivity contribution in [3.05, 3.63) is 65.3 Å². The van der Waals surface area contributed by atoms with Gasteiger partial charge in [0, 0.05) is 17.3 Å². The van der Waals surface area contributed by atoms with E-state index in [9.17, 15) is 4.79 Å². The molecule has 2 rings (SSSR count). The van der Waals surface area contributed by atoms with Crippen LogP contribution in [0.2, 0.25) is 5.02 Å². The van der Waals surface area contributed by atoms with E-state index in [-0.39, 0.29) is 5.91 Å². The highest BCUT2D eigenvalue weighted by Gasteiger charge is 1.99. The molecule has 0 aliphatic heterocycles. The molecule has 0 fully saturated rings. The highest BCUT2D eigenvalue weighted by atomic mass is 35.5. The highest BCUT2D eigenvalue weighted by Crippen LogP contribution is 2.11. The maximum Gasteiger partial charge on any atom is 0.249 e. The molecular weight excluding hydrogens is 248 g/mol. The van der Waals surface area contributed by atoms with E-state index < -0.39 is 0 Å². The minimum atomic E-state index is -0.242. The van der Waals surface area contributed by atoms with Crippen molar-refractivity contribution < 1.29 is 4.79 Å². The molecule has 0 radical (unpaired) electrons. The first-order valence-corrected chi connectivity index (χ1v) is 5.77. The van der Waals surface area contributed by atoms with Crippen LogP contribution in [0.15, 0.2) is 54.7 Å². The first kappa shape index (κ1) is 12.3. The van der Waals surface area contributed by atoms with E-state index in [1.807, 2.05) is 30.3 Å². The molecule has 4 heteroatoms. The molecule has 0 saturated heterocycles. The maximum atomic E-state index is 11.6. The lowest BCUT2D eigenvalue weighted by Gasteiger charge is -2.00. The number of rotatable bonds is 3. The number of hydrogen-bond acceptors (Lipinski definition) is 2. The number of halogens is 1. The molecule has 1 aromatic heterocycles. The predicted molar refractivity (Wildman–Crippen MR) is 73.4 cm³/mol. The van der Waals surface area contributed by atoms with E-state index in [4.69, 9.17) is 11.6 Å². The number of aromatic nitrogens is 1. The van der Waals surface area contributed by atoms with Crippen LogP contribution in [0, 0.1) is 0 Å². The molecular formula is C14H11ClN2O. The normalized spacial score (nSPS) is 10.5. The summed E-state index contributed by atoms with van der Waals surface area (Å²) < 4.78 is 0. The summed E-state index contributed by atoms with van der Waals surface area (Å²) in [4.78, 5) is 15.6. The Hall–Kier alpha value is -2.13. The topological polar surface area (TPSA) is 42.0 Å². The highest BCUT2D eigenvalue weighted by molar-refractivity contribution is 6.30. The fourth-order valence-corrected chi connectivity index (χ4v) is 1.54. The summed E-state index contributed by atoms with van der Waals surface area (Å²) in [6, 6.07) is 12.8. The van der Waals surface area contributed by atoms with Gasteiger partial charge in [0.05, 0.1) is 0 Å². The molecule has 0 aliphatic rings. The molecule has 0 saturated carbocycles. The summed E-state index contributed by atoms with van der Waals surface area (Å²) in [7, 11) is 0. The van der Waals surface area contributed by atoms with E-state index in [2.05, 4.69) is 10.3 Å². The van der Waals surface area contributed by atoms with Crippen molar-refractivity contribution in [2.24, 2.45) is 0 Å². The summed E-state index contributed by atoms with van der Waals surface area (Å²) in [5.74, 6) is 0.193. The van der Waals surface area contributed by atoms with Gasteiger partial charge in [-0.25, -0.2) is 4.98 Å². The van der Waals surface area contributed by atoms with Gasteiger partial charge in [-0.3, -0.25) is 4.79 Å². The fraction of sp³-hybridized carbons (Fsp3) is 0. The van der Waals surface area contributed by atoms with Crippen LogP contribution in [-0.4, -0.2) is 10.9 Å². The van der Waals surface area contributed by atoms with E-state index in [1.165, 1.54) is 6.08 Å². The van der Waals surface area contributed by atoms with Crippen LogP contribution in [0.4, 0.5) is 5.82 Å². The number of carbonyl (C=O) groups is 1. The Bertz CT molecular complexity index is 567. The summed E-state index contributed by atoms with van der Waals surface area (Å²) in [6.45, 7) is 0. The zero-order valence-corrected chi connectivity index (χ0v) is 10.3. The van der Waals surface area contributed by atoms with Gasteiger partial charge in [0.2, 0.25) is 5.91 Å². The maximum absolute atomic E-state index is 11.6. The quantitative estimate of drug-likeness (QED) is 0.858. The average Bonchev–Trinajstić information content (AvgIpc) is 2.38. The molecule has 0 aliphatic carbocycles. The molecule has 1 aromatic carbocycles. The predicted octanol–water partition coefficient (Wildman–Crippen LogP) is 3.39. The van der Waals surface area contributed by atoms with E-state index in [0.29, 0.717) is 10.8 Å². The molecule has 1 heterocycles. The van der Waals surface area contributed by atoms with Crippen molar-refractivity contribution in [3.8, 4) is 0 Å². The summed E-state index contributed by atoms with van der Waals surface area (Å²) in [6.07, 6.45) is 4.73. The number of nitrogens with zero attached hydrogens (tertiary/aromatic N) is 1. The molecule has 90 valence electrons. The summed E-state index contributed by atoms with van der Waals surface area (Å²) in [5, 5.41) is 3.17. The number of benzene rings is 1. The van der Waals surface area contributed by atoms with Crippen molar-refractivity contribution in [1.82, 2.24) is 4.98 Å². The van der Waals surface area contributed by atoms with Crippen LogP contribution in [0.25, 0.3) is 6.08 Å². The van der Waals surface area contributed by atoms with E-state index in [1.54, 1.807) is 24.4 Å². The second-order valence-corrected chi connectivity index (χ2v) is 4.03. The second kappa shape index (κ2) is 5.98. The monoisotopic (exact) mass is 258 g/mol. The minimum Gasteiger partial charge on any atom is -0.307 e. The smallest absolute Gasteiger partial charge is 0.249 e. The van der Waals surface area contributed by atoms with Gasteiger partial charge >= 0.3 is 0 Å². The first-order valence-electron chi connectivity index (χ1n) is 5.40. The van der Waals surface area contributed by atoms with Gasteiger partial charge in [0.15, 0.2) is 0 Å². The Morgan fingerprint density at radius 1 is 1.22 bits per heavy atom. The molecule has 1 amide bonds. The molecule has 18 heavy (non-hydrogen) atoms. The molecule has 1 N–H and O–H groups in total. The Morgan fingerprint density at radius 3 is 2.72 bits per heavy atom. The van der Waals surface area contributed by atoms with Crippen molar-refractivity contribution in [2.75, 3.05) is 5.32 Å². The third-order valence-electron chi connectivity index (χ3n) is 2.20. The lowest BCUT2D eigenvalue weighted by Crippen LogP contribution is -2.08. The van der Waals surface area contributed by atoms with Gasteiger partial charge in [-0.15, -0.1) is 0 Å². The third kappa shape index (κ3) is 3.71. The number of hydrogen-bond donors (Lipinski definition) is 1. The lowest BCUT2D eigenvalue weighted by atomic mass is 10.2. The molecule has 3 nitrogen and oxygen atoms in total. The Labute approximate surface area is 110 Å². The number of pyridine rings is 1. The number of nitrogens with one attached hydrogen (secondary N) is 1. The van der Waals surface area contributed by atoms with Crippen molar-refractivity contribution >= 4 is 29.4 Å². The number of carbonyl (C=O) groups excluding carboxylic acids is 1. The molecule has 0 atom stereocenters. The minimum absolute atomic E-state index is 0.242. The van der Waals surface area contributed by atoms with Crippen molar-refractivity contribution in [2.45, 2.75) is 0 Å². The summed E-state index contributed by atoms with van der Waals surface area (Å²) in [5.41, 5.74) is 0.965. The number of amides is 1. The van der Waals surface area contributed by atoms with Crippen molar-refractivity contribution in [3.63, 3.8) is 0 Å². The number of anilines is 1. The average molecular weight is 259 g/mol. The Kier molecular flexibility index (Phi) is 4.10. The van der Waals surface area contributed by atoms with Crippen molar-refractivity contribution in [1.29, 1.82) is 0 Å². The van der Waals surface area contributed by atoms with Crippen LogP contribution < -0.4 is 5.32 Å². The van der Waals surface area contributed by atoms with Gasteiger partial charge < -0.3 is 5.32 Å². The fourth-order valence-electron chi connectivity index (χ4n) is 1.38.